The Bertz CT molecular complexity index is 975. The highest BCUT2D eigenvalue weighted by Gasteiger charge is 2.55. The summed E-state index contributed by atoms with van der Waals surface area (Å²) in [5.41, 5.74) is 5.72. The number of Topliss-reactive ketones (excluding diaryl/α,β-unsaturated/α-hetero) is 1. The van der Waals surface area contributed by atoms with Gasteiger partial charge in [0.25, 0.3) is 0 Å². The molecule has 2 unspecified atom stereocenters. The first-order chi connectivity index (χ1) is 13.2. The quantitative estimate of drug-likeness (QED) is 0.542. The van der Waals surface area contributed by atoms with Gasteiger partial charge in [-0.2, -0.15) is 0 Å². The molecular weight excluding hydrogens is 328 g/mol. The van der Waals surface area contributed by atoms with Crippen LogP contribution < -0.4 is 0 Å². The van der Waals surface area contributed by atoms with Crippen molar-refractivity contribution in [1.29, 1.82) is 0 Å². The van der Waals surface area contributed by atoms with E-state index in [0.29, 0.717) is 11.7 Å². The molecule has 1 heteroatoms. The number of ketones is 1. The summed E-state index contributed by atoms with van der Waals surface area (Å²) in [7, 11) is 0. The lowest BCUT2D eigenvalue weighted by Gasteiger charge is -2.40. The second-order valence-corrected chi connectivity index (χ2v) is 9.52. The van der Waals surface area contributed by atoms with Crippen molar-refractivity contribution in [1.82, 2.24) is 0 Å². The fourth-order valence-corrected chi connectivity index (χ4v) is 6.75. The number of carbonyl (C=O) groups is 1. The lowest BCUT2D eigenvalue weighted by Crippen LogP contribution is -2.43. The summed E-state index contributed by atoms with van der Waals surface area (Å²) in [6.07, 6.45) is 14.2. The highest BCUT2D eigenvalue weighted by Crippen LogP contribution is 2.57. The normalized spacial score (nSPS) is 30.1. The molecule has 1 spiro atoms. The van der Waals surface area contributed by atoms with E-state index in [2.05, 4.69) is 36.4 Å². The van der Waals surface area contributed by atoms with Crippen LogP contribution >= 0.6 is 0 Å². The van der Waals surface area contributed by atoms with Crippen LogP contribution in [-0.2, 0) is 16.6 Å². The van der Waals surface area contributed by atoms with Gasteiger partial charge in [0.15, 0.2) is 0 Å². The van der Waals surface area contributed by atoms with Crippen LogP contribution in [0.4, 0.5) is 0 Å². The highest BCUT2D eigenvalue weighted by molar-refractivity contribution is 5.96. The third kappa shape index (κ3) is 2.27. The Balaban J connectivity index is 1.47. The average molecular weight is 357 g/mol. The summed E-state index contributed by atoms with van der Waals surface area (Å²) in [5, 5.41) is 2.72. The maximum absolute atomic E-state index is 13.1. The van der Waals surface area contributed by atoms with Crippen LogP contribution in [0.15, 0.2) is 42.0 Å². The van der Waals surface area contributed by atoms with Gasteiger partial charge < -0.3 is 0 Å². The molecule has 0 aromatic heterocycles. The van der Waals surface area contributed by atoms with Gasteiger partial charge in [0, 0.05) is 6.42 Å². The van der Waals surface area contributed by atoms with Crippen LogP contribution in [0.3, 0.4) is 0 Å². The molecule has 0 amide bonds. The summed E-state index contributed by atoms with van der Waals surface area (Å²) < 4.78 is 0. The summed E-state index contributed by atoms with van der Waals surface area (Å²) in [5.74, 6) is 1.80. The van der Waals surface area contributed by atoms with Crippen LogP contribution in [0.5, 0.6) is 0 Å². The molecule has 2 aromatic rings. The molecule has 2 saturated carbocycles. The van der Waals surface area contributed by atoms with E-state index in [1.807, 2.05) is 0 Å². The molecule has 0 N–H and O–H groups in total. The van der Waals surface area contributed by atoms with Crippen LogP contribution in [0.2, 0.25) is 0 Å². The van der Waals surface area contributed by atoms with Crippen molar-refractivity contribution in [3.63, 3.8) is 0 Å². The van der Waals surface area contributed by atoms with Gasteiger partial charge in [-0.1, -0.05) is 55.2 Å². The van der Waals surface area contributed by atoms with Crippen LogP contribution in [-0.4, -0.2) is 5.78 Å². The van der Waals surface area contributed by atoms with Gasteiger partial charge in [-0.15, -0.1) is 0 Å². The zero-order chi connectivity index (χ0) is 18.0. The van der Waals surface area contributed by atoms with Gasteiger partial charge in [-0.05, 0) is 83.9 Å². The maximum Gasteiger partial charge on any atom is 0.144 e. The fourth-order valence-electron chi connectivity index (χ4n) is 6.75. The highest BCUT2D eigenvalue weighted by atomic mass is 16.1. The van der Waals surface area contributed by atoms with Crippen LogP contribution in [0.1, 0.15) is 80.4 Å². The molecule has 4 aliphatic rings. The molecule has 2 atom stereocenters. The first-order valence-electron chi connectivity index (χ1n) is 11.0. The van der Waals surface area contributed by atoms with E-state index in [1.54, 1.807) is 0 Å². The Morgan fingerprint density at radius 2 is 1.81 bits per heavy atom. The Kier molecular flexibility index (Phi) is 3.46. The zero-order valence-electron chi connectivity index (χ0n) is 16.1. The molecule has 2 fully saturated rings. The number of carbonyl (C=O) groups excluding carboxylic acids is 1. The lowest BCUT2D eigenvalue weighted by atomic mass is 9.61. The largest absolute Gasteiger partial charge is 0.299 e. The predicted octanol–water partition coefficient (Wildman–Crippen LogP) is 6.38. The number of benzene rings is 2. The van der Waals surface area contributed by atoms with Gasteiger partial charge in [0.1, 0.15) is 5.78 Å². The second kappa shape index (κ2) is 5.80. The molecule has 0 saturated heterocycles. The zero-order valence-corrected chi connectivity index (χ0v) is 16.1. The standard InChI is InChI=1S/C26H28O/c27-25-11-9-21-14-22-13-19(18-4-2-1-3-5-18)7-8-20(22)15-24(21)26(25)16-17-6-10-23(26)12-17/h6-8,13-15,18,23H,1-5,9-12,16H2. The number of allylic oxidation sites excluding steroid dienone is 2. The van der Waals surface area contributed by atoms with E-state index in [0.717, 1.165) is 38.0 Å². The Labute approximate surface area is 161 Å². The third-order valence-electron chi connectivity index (χ3n) is 8.16. The smallest absolute Gasteiger partial charge is 0.144 e. The van der Waals surface area contributed by atoms with Crippen molar-refractivity contribution in [2.75, 3.05) is 0 Å². The molecule has 2 aromatic carbocycles. The van der Waals surface area contributed by atoms with Crippen LogP contribution in [0.25, 0.3) is 10.8 Å². The third-order valence-corrected chi connectivity index (χ3v) is 8.16. The van der Waals surface area contributed by atoms with Crippen molar-refractivity contribution in [2.45, 2.75) is 75.5 Å². The monoisotopic (exact) mass is 356 g/mol. The lowest BCUT2D eigenvalue weighted by molar-refractivity contribution is -0.126. The number of fused-ring (bicyclic) bond motifs is 6. The van der Waals surface area contributed by atoms with Crippen molar-refractivity contribution >= 4 is 16.6 Å². The summed E-state index contributed by atoms with van der Waals surface area (Å²) >= 11 is 0. The van der Waals surface area contributed by atoms with Gasteiger partial charge in [-0.25, -0.2) is 0 Å². The minimum atomic E-state index is -0.187. The molecule has 0 aliphatic heterocycles. The molecule has 1 nitrogen and oxygen atoms in total. The Morgan fingerprint density at radius 3 is 2.59 bits per heavy atom. The van der Waals surface area contributed by atoms with Crippen molar-refractivity contribution in [3.05, 3.63) is 58.7 Å². The number of rotatable bonds is 1. The molecule has 27 heavy (non-hydrogen) atoms. The molecular formula is C26H28O. The number of hydrogen-bond donors (Lipinski definition) is 0. The van der Waals surface area contributed by atoms with Crippen molar-refractivity contribution < 1.29 is 4.79 Å². The second-order valence-electron chi connectivity index (χ2n) is 9.52. The summed E-state index contributed by atoms with van der Waals surface area (Å²) in [4.78, 5) is 13.1. The van der Waals surface area contributed by atoms with E-state index < -0.39 is 0 Å². The van der Waals surface area contributed by atoms with Gasteiger partial charge >= 0.3 is 0 Å². The summed E-state index contributed by atoms with van der Waals surface area (Å²) in [6.45, 7) is 0. The Hall–Kier alpha value is -1.89. The van der Waals surface area contributed by atoms with E-state index >= 15 is 0 Å². The van der Waals surface area contributed by atoms with E-state index in [9.17, 15) is 4.79 Å². The molecule has 138 valence electrons. The SMILES string of the molecule is O=C1CCc2cc3cc(C4CCCCC4)ccc3cc2C12CC1=CCC2C1. The number of hydrogen-bond acceptors (Lipinski definition) is 1. The van der Waals surface area contributed by atoms with E-state index in [1.165, 1.54) is 65.1 Å². The summed E-state index contributed by atoms with van der Waals surface area (Å²) in [6, 6.07) is 12.0. The first-order valence-corrected chi connectivity index (χ1v) is 11.0. The Morgan fingerprint density at radius 1 is 0.926 bits per heavy atom. The van der Waals surface area contributed by atoms with Gasteiger partial charge in [-0.3, -0.25) is 4.79 Å². The van der Waals surface area contributed by atoms with Crippen molar-refractivity contribution in [2.24, 2.45) is 5.92 Å². The fraction of sp³-hybridized carbons (Fsp3) is 0.500. The van der Waals surface area contributed by atoms with E-state index in [-0.39, 0.29) is 5.41 Å². The molecule has 0 heterocycles. The topological polar surface area (TPSA) is 17.1 Å². The van der Waals surface area contributed by atoms with Crippen LogP contribution in [0, 0.1) is 5.92 Å². The minimum Gasteiger partial charge on any atom is -0.299 e. The minimum absolute atomic E-state index is 0.187. The number of aryl methyl sites for hydroxylation is 1. The van der Waals surface area contributed by atoms with Gasteiger partial charge in [0.05, 0.1) is 5.41 Å². The molecule has 4 aliphatic carbocycles. The molecule has 2 bridgehead atoms. The average Bonchev–Trinajstić information content (AvgIpc) is 3.32. The molecule has 6 rings (SSSR count). The predicted molar refractivity (Wildman–Crippen MR) is 110 cm³/mol. The van der Waals surface area contributed by atoms with E-state index in [4.69, 9.17) is 0 Å². The molecule has 0 radical (unpaired) electrons. The maximum atomic E-state index is 13.1. The van der Waals surface area contributed by atoms with Gasteiger partial charge in [0.2, 0.25) is 0 Å². The van der Waals surface area contributed by atoms with Crippen molar-refractivity contribution in [3.8, 4) is 0 Å². The first kappa shape index (κ1) is 16.1.